The molecule has 5 nitrogen and oxygen atoms in total. The van der Waals surface area contributed by atoms with E-state index in [1.807, 2.05) is 73.6 Å². The second kappa shape index (κ2) is 8.13. The van der Waals surface area contributed by atoms with E-state index >= 15 is 0 Å². The number of nitrogens with zero attached hydrogens (tertiary/aromatic N) is 3. The molecule has 3 heterocycles. The molecule has 172 valence electrons. The van der Waals surface area contributed by atoms with Crippen LogP contribution in [0, 0.1) is 13.8 Å². The van der Waals surface area contributed by atoms with Gasteiger partial charge >= 0.3 is 5.88 Å². The molecule has 35 heavy (non-hydrogen) atoms. The largest absolute Gasteiger partial charge is 0.455 e. The van der Waals surface area contributed by atoms with Crippen LogP contribution in [0.25, 0.3) is 38.9 Å². The van der Waals surface area contributed by atoms with Crippen LogP contribution in [-0.2, 0) is 14.1 Å². The van der Waals surface area contributed by atoms with Crippen molar-refractivity contribution < 1.29 is 18.4 Å². The van der Waals surface area contributed by atoms with Crippen molar-refractivity contribution in [1.82, 2.24) is 4.68 Å². The smallest absolute Gasteiger partial charge is 0.373 e. The molecule has 0 aliphatic carbocycles. The molecule has 0 fully saturated rings. The number of benzene rings is 3. The summed E-state index contributed by atoms with van der Waals surface area (Å²) in [6.07, 6.45) is 4.07. The monoisotopic (exact) mass is 461 g/mol. The van der Waals surface area contributed by atoms with E-state index in [0.29, 0.717) is 0 Å². The highest BCUT2D eigenvalue weighted by molar-refractivity contribution is 6.09. The van der Waals surface area contributed by atoms with Crippen molar-refractivity contribution in [3.05, 3.63) is 102 Å². The number of fused-ring (bicyclic) bond motifs is 3. The van der Waals surface area contributed by atoms with Crippen molar-refractivity contribution in [3.8, 4) is 28.6 Å². The molecule has 0 unspecified atom stereocenters. The van der Waals surface area contributed by atoms with Gasteiger partial charge in [-0.05, 0) is 43.7 Å². The number of aromatic nitrogens is 3. The zero-order chi connectivity index (χ0) is 24.1. The van der Waals surface area contributed by atoms with Crippen molar-refractivity contribution >= 4 is 21.9 Å². The first-order chi connectivity index (χ1) is 17.0. The van der Waals surface area contributed by atoms with Gasteiger partial charge in [0, 0.05) is 28.5 Å². The van der Waals surface area contributed by atoms with Crippen LogP contribution in [0.3, 0.4) is 0 Å². The highest BCUT2D eigenvalue weighted by Gasteiger charge is 2.24. The van der Waals surface area contributed by atoms with Crippen molar-refractivity contribution in [3.63, 3.8) is 0 Å². The summed E-state index contributed by atoms with van der Waals surface area (Å²) < 4.78 is 19.1. The Kier molecular flexibility index (Phi) is 4.92. The third-order valence-electron chi connectivity index (χ3n) is 6.78. The maximum Gasteiger partial charge on any atom is 0.373 e. The Hall–Kier alpha value is -4.38. The lowest BCUT2D eigenvalue weighted by molar-refractivity contribution is -0.744. The van der Waals surface area contributed by atoms with Crippen LogP contribution in [0.1, 0.15) is 11.1 Å². The van der Waals surface area contributed by atoms with Gasteiger partial charge in [0.2, 0.25) is 5.69 Å². The molecule has 3 aromatic carbocycles. The molecular formula is C30H27N3O2+2. The summed E-state index contributed by atoms with van der Waals surface area (Å²) in [5, 5.41) is 2.25. The minimum absolute atomic E-state index is 0.757. The summed E-state index contributed by atoms with van der Waals surface area (Å²) in [7, 11) is 4.06. The summed E-state index contributed by atoms with van der Waals surface area (Å²) in [6, 6.07) is 26.8. The van der Waals surface area contributed by atoms with E-state index in [1.165, 1.54) is 0 Å². The fraction of sp³-hybridized carbons (Fsp3) is 0.133. The first kappa shape index (κ1) is 21.2. The van der Waals surface area contributed by atoms with Crippen molar-refractivity contribution in [1.29, 1.82) is 0 Å². The Balaban J connectivity index is 1.47. The normalized spacial score (nSPS) is 11.4. The maximum atomic E-state index is 6.50. The van der Waals surface area contributed by atoms with E-state index in [0.717, 1.165) is 61.6 Å². The minimum atomic E-state index is 0.757. The molecule has 0 N–H and O–H groups in total. The van der Waals surface area contributed by atoms with Gasteiger partial charge in [-0.3, -0.25) is 0 Å². The molecule has 6 aromatic rings. The van der Waals surface area contributed by atoms with Gasteiger partial charge in [0.15, 0.2) is 13.2 Å². The van der Waals surface area contributed by atoms with E-state index in [-0.39, 0.29) is 0 Å². The molecule has 6 rings (SSSR count). The van der Waals surface area contributed by atoms with Gasteiger partial charge in [0.25, 0.3) is 0 Å². The number of ether oxygens (including phenoxy) is 1. The van der Waals surface area contributed by atoms with Crippen LogP contribution < -0.4 is 14.0 Å². The average molecular weight is 462 g/mol. The summed E-state index contributed by atoms with van der Waals surface area (Å²) in [4.78, 5) is 0. The predicted molar refractivity (Wildman–Crippen MR) is 137 cm³/mol. The number of pyridine rings is 1. The van der Waals surface area contributed by atoms with E-state index in [4.69, 9.17) is 9.15 Å². The van der Waals surface area contributed by atoms with E-state index < -0.39 is 0 Å². The van der Waals surface area contributed by atoms with Crippen molar-refractivity contribution in [2.75, 3.05) is 0 Å². The molecule has 0 saturated heterocycles. The Morgan fingerprint density at radius 2 is 1.63 bits per heavy atom. The van der Waals surface area contributed by atoms with Gasteiger partial charge in [-0.1, -0.05) is 36.4 Å². The summed E-state index contributed by atoms with van der Waals surface area (Å²) in [5.74, 6) is 1.58. The summed E-state index contributed by atoms with van der Waals surface area (Å²) in [6.45, 7) is 4.22. The number of aryl methyl sites for hydroxylation is 2. The maximum absolute atomic E-state index is 6.50. The lowest BCUT2D eigenvalue weighted by Gasteiger charge is -2.12. The number of hydrogen-bond acceptors (Lipinski definition) is 2. The SMILES string of the molecule is Cc1ccc2c(oc3ccccc32)c1-c1cccc(Oc2cccc(-n3ccc[n+]3C)c2C)[n+]1C. The van der Waals surface area contributed by atoms with E-state index in [1.54, 1.807) is 0 Å². The molecule has 3 aromatic heterocycles. The van der Waals surface area contributed by atoms with E-state index in [2.05, 4.69) is 59.5 Å². The highest BCUT2D eigenvalue weighted by Crippen LogP contribution is 2.37. The Labute approximate surface area is 204 Å². The number of para-hydroxylation sites is 1. The van der Waals surface area contributed by atoms with Crippen molar-refractivity contribution in [2.45, 2.75) is 13.8 Å². The second-order valence-corrected chi connectivity index (χ2v) is 8.95. The lowest BCUT2D eigenvalue weighted by Crippen LogP contribution is -2.37. The zero-order valence-electron chi connectivity index (χ0n) is 20.3. The van der Waals surface area contributed by atoms with Gasteiger partial charge in [-0.25, -0.2) is 0 Å². The van der Waals surface area contributed by atoms with Gasteiger partial charge in [0.1, 0.15) is 29.7 Å². The fourth-order valence-electron chi connectivity index (χ4n) is 4.87. The second-order valence-electron chi connectivity index (χ2n) is 8.95. The predicted octanol–water partition coefficient (Wildman–Crippen LogP) is 6.10. The third kappa shape index (κ3) is 3.39. The quantitative estimate of drug-likeness (QED) is 0.297. The first-order valence-electron chi connectivity index (χ1n) is 11.7. The Morgan fingerprint density at radius 3 is 2.46 bits per heavy atom. The molecule has 0 atom stereocenters. The minimum Gasteiger partial charge on any atom is -0.455 e. The number of furan rings is 1. The number of rotatable bonds is 4. The fourth-order valence-corrected chi connectivity index (χ4v) is 4.87. The molecule has 0 aliphatic rings. The van der Waals surface area contributed by atoms with Crippen LogP contribution in [0.4, 0.5) is 0 Å². The highest BCUT2D eigenvalue weighted by atomic mass is 16.5. The lowest BCUT2D eigenvalue weighted by atomic mass is 10.0. The van der Waals surface area contributed by atoms with Gasteiger partial charge in [0.05, 0.1) is 17.8 Å². The van der Waals surface area contributed by atoms with Crippen LogP contribution in [0.2, 0.25) is 0 Å². The van der Waals surface area contributed by atoms with Crippen LogP contribution in [-0.4, -0.2) is 4.68 Å². The van der Waals surface area contributed by atoms with Crippen LogP contribution >= 0.6 is 0 Å². The molecular weight excluding hydrogens is 434 g/mol. The van der Waals surface area contributed by atoms with Gasteiger partial charge in [-0.2, -0.15) is 4.57 Å². The molecule has 0 bridgehead atoms. The molecule has 0 radical (unpaired) electrons. The van der Waals surface area contributed by atoms with Gasteiger partial charge in [-0.15, -0.1) is 9.36 Å². The van der Waals surface area contributed by atoms with Crippen molar-refractivity contribution in [2.24, 2.45) is 14.1 Å². The molecule has 5 heteroatoms. The molecule has 0 amide bonds. The number of hydrogen-bond donors (Lipinski definition) is 0. The molecule has 0 saturated carbocycles. The zero-order valence-corrected chi connectivity index (χ0v) is 20.3. The van der Waals surface area contributed by atoms with Crippen LogP contribution in [0.15, 0.2) is 95.7 Å². The summed E-state index contributed by atoms with van der Waals surface area (Å²) >= 11 is 0. The average Bonchev–Trinajstić information content (AvgIpc) is 3.45. The first-order valence-corrected chi connectivity index (χ1v) is 11.7. The third-order valence-corrected chi connectivity index (χ3v) is 6.78. The molecule has 0 spiro atoms. The standard InChI is InChI=1S/C30H27N3O2/c1-20-16-17-23-22-10-5-6-13-27(22)35-30(23)29(20)25-12-8-15-28(32(25)4)34-26-14-7-11-24(21(26)2)33-19-9-18-31(33)3/h5-19H,1-4H3/q+2. The van der Waals surface area contributed by atoms with Crippen LogP contribution in [0.5, 0.6) is 11.6 Å². The summed E-state index contributed by atoms with van der Waals surface area (Å²) in [5.41, 5.74) is 7.22. The van der Waals surface area contributed by atoms with Gasteiger partial charge < -0.3 is 9.15 Å². The van der Waals surface area contributed by atoms with E-state index in [9.17, 15) is 0 Å². The Bertz CT molecular complexity index is 1730. The topological polar surface area (TPSA) is 35.1 Å². The molecule has 0 aliphatic heterocycles. The Morgan fingerprint density at radius 1 is 0.800 bits per heavy atom.